The predicted octanol–water partition coefficient (Wildman–Crippen LogP) is 3.28. The Bertz CT molecular complexity index is 852. The van der Waals surface area contributed by atoms with Gasteiger partial charge in [0.25, 0.3) is 0 Å². The van der Waals surface area contributed by atoms with E-state index in [0.29, 0.717) is 25.5 Å². The number of piperazine rings is 1. The first-order valence-corrected chi connectivity index (χ1v) is 10.2. The molecule has 1 saturated heterocycles. The van der Waals surface area contributed by atoms with E-state index in [2.05, 4.69) is 10.2 Å². The van der Waals surface area contributed by atoms with Crippen molar-refractivity contribution in [2.75, 3.05) is 38.0 Å². The van der Waals surface area contributed by atoms with Crippen LogP contribution in [0.1, 0.15) is 18.4 Å². The molecule has 1 aliphatic heterocycles. The van der Waals surface area contributed by atoms with Crippen LogP contribution in [-0.2, 0) is 9.59 Å². The van der Waals surface area contributed by atoms with Gasteiger partial charge in [-0.25, -0.2) is 0 Å². The average Bonchev–Trinajstić information content (AvgIpc) is 3.57. The van der Waals surface area contributed by atoms with Gasteiger partial charge in [-0.15, -0.1) is 0 Å². The number of carbonyl (C=O) groups excluding carboxylic acids is 2. The van der Waals surface area contributed by atoms with Crippen LogP contribution in [0, 0.1) is 12.8 Å². The molecule has 0 radical (unpaired) electrons. The van der Waals surface area contributed by atoms with Gasteiger partial charge in [0.1, 0.15) is 11.5 Å². The summed E-state index contributed by atoms with van der Waals surface area (Å²) < 4.78 is 5.81. The first-order chi connectivity index (χ1) is 14.1. The van der Waals surface area contributed by atoms with Gasteiger partial charge in [-0.2, -0.15) is 0 Å². The minimum atomic E-state index is -0.0424. The summed E-state index contributed by atoms with van der Waals surface area (Å²) in [5, 5.41) is 2.93. The van der Waals surface area contributed by atoms with Crippen LogP contribution in [0.5, 0.6) is 11.5 Å². The van der Waals surface area contributed by atoms with Gasteiger partial charge in [-0.3, -0.25) is 14.5 Å². The molecule has 4 rings (SSSR count). The quantitative estimate of drug-likeness (QED) is 0.818. The van der Waals surface area contributed by atoms with Crippen LogP contribution in [0.2, 0.25) is 0 Å². The highest BCUT2D eigenvalue weighted by Gasteiger charge is 2.34. The Morgan fingerprint density at radius 3 is 2.10 bits per heavy atom. The zero-order valence-electron chi connectivity index (χ0n) is 16.8. The molecule has 0 atom stereocenters. The van der Waals surface area contributed by atoms with Crippen molar-refractivity contribution in [2.45, 2.75) is 19.8 Å². The monoisotopic (exact) mass is 393 g/mol. The van der Waals surface area contributed by atoms with Crippen molar-refractivity contribution < 1.29 is 14.3 Å². The largest absolute Gasteiger partial charge is 0.457 e. The predicted molar refractivity (Wildman–Crippen MR) is 112 cm³/mol. The molecule has 1 saturated carbocycles. The number of anilines is 1. The molecular weight excluding hydrogens is 366 g/mol. The van der Waals surface area contributed by atoms with Gasteiger partial charge >= 0.3 is 0 Å². The molecule has 0 spiro atoms. The molecule has 152 valence electrons. The second kappa shape index (κ2) is 8.66. The molecule has 6 nitrogen and oxygen atoms in total. The van der Waals surface area contributed by atoms with Crippen molar-refractivity contribution in [1.82, 2.24) is 9.80 Å². The number of amides is 2. The molecule has 29 heavy (non-hydrogen) atoms. The van der Waals surface area contributed by atoms with Crippen LogP contribution in [0.3, 0.4) is 0 Å². The van der Waals surface area contributed by atoms with Gasteiger partial charge in [0.15, 0.2) is 0 Å². The minimum Gasteiger partial charge on any atom is -0.457 e. The summed E-state index contributed by atoms with van der Waals surface area (Å²) in [6.45, 7) is 5.30. The highest BCUT2D eigenvalue weighted by molar-refractivity contribution is 5.92. The molecule has 1 aliphatic carbocycles. The summed E-state index contributed by atoms with van der Waals surface area (Å²) in [7, 11) is 0. The Hall–Kier alpha value is -2.86. The number of rotatable bonds is 6. The Labute approximate surface area is 171 Å². The number of nitrogens with one attached hydrogen (secondary N) is 1. The molecule has 6 heteroatoms. The van der Waals surface area contributed by atoms with Gasteiger partial charge in [-0.1, -0.05) is 17.7 Å². The fourth-order valence-electron chi connectivity index (χ4n) is 3.47. The summed E-state index contributed by atoms with van der Waals surface area (Å²) in [6.07, 6.45) is 2.08. The third-order valence-electron chi connectivity index (χ3n) is 5.37. The Morgan fingerprint density at radius 1 is 0.931 bits per heavy atom. The van der Waals surface area contributed by atoms with Crippen LogP contribution in [-0.4, -0.2) is 54.3 Å². The minimum absolute atomic E-state index is 0.0424. The molecule has 2 fully saturated rings. The van der Waals surface area contributed by atoms with Crippen molar-refractivity contribution >= 4 is 17.5 Å². The van der Waals surface area contributed by atoms with Crippen LogP contribution < -0.4 is 10.1 Å². The lowest BCUT2D eigenvalue weighted by molar-refractivity contribution is -0.134. The summed E-state index contributed by atoms with van der Waals surface area (Å²) in [5.74, 6) is 2.03. The van der Waals surface area contributed by atoms with Crippen LogP contribution in [0.25, 0.3) is 0 Å². The standard InChI is InChI=1S/C23H27N3O3/c1-17-2-8-20(9-3-17)29-21-10-6-19(7-11-21)24-22(27)16-25-12-14-26(15-13-25)23(28)18-4-5-18/h2-3,6-11,18H,4-5,12-16H2,1H3,(H,24,27). The first kappa shape index (κ1) is 19.5. The fraction of sp³-hybridized carbons (Fsp3) is 0.391. The second-order valence-electron chi connectivity index (χ2n) is 7.86. The second-order valence-corrected chi connectivity index (χ2v) is 7.86. The van der Waals surface area contributed by atoms with Crippen LogP contribution in [0.15, 0.2) is 48.5 Å². The van der Waals surface area contributed by atoms with E-state index in [0.717, 1.165) is 43.1 Å². The zero-order valence-corrected chi connectivity index (χ0v) is 16.8. The molecule has 1 N–H and O–H groups in total. The van der Waals surface area contributed by atoms with Crippen LogP contribution in [0.4, 0.5) is 5.69 Å². The highest BCUT2D eigenvalue weighted by atomic mass is 16.5. The van der Waals surface area contributed by atoms with Gasteiger partial charge in [0.05, 0.1) is 6.54 Å². The molecule has 0 bridgehead atoms. The number of ether oxygens (including phenoxy) is 1. The Kier molecular flexibility index (Phi) is 5.81. The molecule has 2 aliphatic rings. The number of aryl methyl sites for hydroxylation is 1. The van der Waals surface area contributed by atoms with Crippen molar-refractivity contribution in [1.29, 1.82) is 0 Å². The van der Waals surface area contributed by atoms with Crippen molar-refractivity contribution in [2.24, 2.45) is 5.92 Å². The first-order valence-electron chi connectivity index (χ1n) is 10.2. The van der Waals surface area contributed by atoms with Crippen LogP contribution >= 0.6 is 0 Å². The lowest BCUT2D eigenvalue weighted by atomic mass is 10.2. The molecule has 0 unspecified atom stereocenters. The maximum absolute atomic E-state index is 12.4. The maximum Gasteiger partial charge on any atom is 0.238 e. The summed E-state index contributed by atoms with van der Waals surface area (Å²) in [4.78, 5) is 28.5. The highest BCUT2D eigenvalue weighted by Crippen LogP contribution is 2.31. The Balaban J connectivity index is 1.22. The van der Waals surface area contributed by atoms with Gasteiger partial charge in [0, 0.05) is 37.8 Å². The van der Waals surface area contributed by atoms with E-state index in [1.807, 2.05) is 60.4 Å². The Morgan fingerprint density at radius 2 is 1.52 bits per heavy atom. The fourth-order valence-corrected chi connectivity index (χ4v) is 3.47. The van der Waals surface area contributed by atoms with E-state index in [1.165, 1.54) is 5.56 Å². The summed E-state index contributed by atoms with van der Waals surface area (Å²) in [5.41, 5.74) is 1.93. The smallest absolute Gasteiger partial charge is 0.238 e. The van der Waals surface area contributed by atoms with Crippen molar-refractivity contribution in [3.63, 3.8) is 0 Å². The molecule has 0 aromatic heterocycles. The molecule has 2 amide bonds. The third kappa shape index (κ3) is 5.35. The van der Waals surface area contributed by atoms with E-state index >= 15 is 0 Å². The summed E-state index contributed by atoms with van der Waals surface area (Å²) in [6, 6.07) is 15.2. The SMILES string of the molecule is Cc1ccc(Oc2ccc(NC(=O)CN3CCN(C(=O)C4CC4)CC3)cc2)cc1. The number of benzene rings is 2. The van der Waals surface area contributed by atoms with E-state index in [9.17, 15) is 9.59 Å². The zero-order chi connectivity index (χ0) is 20.2. The van der Waals surface area contributed by atoms with Crippen molar-refractivity contribution in [3.05, 3.63) is 54.1 Å². The third-order valence-corrected chi connectivity index (χ3v) is 5.37. The molecule has 1 heterocycles. The maximum atomic E-state index is 12.4. The van der Waals surface area contributed by atoms with Gasteiger partial charge < -0.3 is 15.0 Å². The van der Waals surface area contributed by atoms with E-state index < -0.39 is 0 Å². The molecular formula is C23H27N3O3. The van der Waals surface area contributed by atoms with E-state index in [4.69, 9.17) is 4.74 Å². The lowest BCUT2D eigenvalue weighted by Gasteiger charge is -2.34. The molecule has 2 aromatic rings. The molecule has 2 aromatic carbocycles. The normalized spacial score (nSPS) is 17.1. The van der Waals surface area contributed by atoms with E-state index in [1.54, 1.807) is 0 Å². The number of hydrogen-bond acceptors (Lipinski definition) is 4. The van der Waals surface area contributed by atoms with Gasteiger partial charge in [0.2, 0.25) is 11.8 Å². The number of nitrogens with zero attached hydrogens (tertiary/aromatic N) is 2. The summed E-state index contributed by atoms with van der Waals surface area (Å²) >= 11 is 0. The van der Waals surface area contributed by atoms with Gasteiger partial charge in [-0.05, 0) is 56.2 Å². The van der Waals surface area contributed by atoms with E-state index in [-0.39, 0.29) is 11.8 Å². The topological polar surface area (TPSA) is 61.9 Å². The average molecular weight is 393 g/mol. The number of carbonyl (C=O) groups is 2. The van der Waals surface area contributed by atoms with Crippen molar-refractivity contribution in [3.8, 4) is 11.5 Å². The lowest BCUT2D eigenvalue weighted by Crippen LogP contribution is -2.50. The number of hydrogen-bond donors (Lipinski definition) is 1.